The molecule has 0 radical (unpaired) electrons. The number of carbonyl (C=O) groups excluding carboxylic acids is 1. The fourth-order valence-corrected chi connectivity index (χ4v) is 3.18. The Hall–Kier alpha value is -2.53. The zero-order chi connectivity index (χ0) is 18.7. The predicted octanol–water partition coefficient (Wildman–Crippen LogP) is 4.10. The van der Waals surface area contributed by atoms with E-state index >= 15 is 0 Å². The van der Waals surface area contributed by atoms with E-state index in [1.165, 1.54) is 31.4 Å². The van der Waals surface area contributed by atoms with Gasteiger partial charge in [0.25, 0.3) is 0 Å². The highest BCUT2D eigenvalue weighted by Gasteiger charge is 2.10. The summed E-state index contributed by atoms with van der Waals surface area (Å²) >= 11 is 0. The number of nitrogens with one attached hydrogen (secondary N) is 1. The molecule has 5 heteroatoms. The number of hydrogen-bond donors (Lipinski definition) is 1. The molecule has 1 amide bonds. The minimum absolute atomic E-state index is 0.0199. The van der Waals surface area contributed by atoms with Gasteiger partial charge in [-0.2, -0.15) is 0 Å². The molecular weight excluding hydrogens is 340 g/mol. The van der Waals surface area contributed by atoms with Crippen LogP contribution >= 0.6 is 0 Å². The number of ether oxygens (including phenoxy) is 2. The lowest BCUT2D eigenvalue weighted by Crippen LogP contribution is -2.24. The van der Waals surface area contributed by atoms with Gasteiger partial charge in [0.15, 0.2) is 0 Å². The predicted molar refractivity (Wildman–Crippen MR) is 109 cm³/mol. The highest BCUT2D eigenvalue weighted by atomic mass is 16.5. The SMILES string of the molecule is O=C(COCCOc1ccccc1)Nc1ccc(N2CCCCCC2)cc1. The van der Waals surface area contributed by atoms with Crippen LogP contribution in [0.3, 0.4) is 0 Å². The monoisotopic (exact) mass is 368 g/mol. The van der Waals surface area contributed by atoms with Crippen LogP contribution < -0.4 is 15.0 Å². The molecule has 0 aromatic heterocycles. The second-order valence-electron chi connectivity index (χ2n) is 6.71. The van der Waals surface area contributed by atoms with Gasteiger partial charge < -0.3 is 19.7 Å². The normalized spacial score (nSPS) is 14.4. The summed E-state index contributed by atoms with van der Waals surface area (Å²) in [6, 6.07) is 17.6. The molecule has 0 spiro atoms. The molecule has 3 rings (SSSR count). The van der Waals surface area contributed by atoms with Gasteiger partial charge in [0.2, 0.25) is 5.91 Å². The first-order chi connectivity index (χ1) is 13.3. The number of anilines is 2. The van der Waals surface area contributed by atoms with Crippen molar-refractivity contribution >= 4 is 17.3 Å². The summed E-state index contributed by atoms with van der Waals surface area (Å²) in [5.41, 5.74) is 2.02. The standard InChI is InChI=1S/C22H28N2O3/c25-22(18-26-16-17-27-21-8-4-3-5-9-21)23-19-10-12-20(13-11-19)24-14-6-1-2-7-15-24/h3-5,8-13H,1-2,6-7,14-18H2,(H,23,25). The van der Waals surface area contributed by atoms with Crippen molar-refractivity contribution in [3.8, 4) is 5.75 Å². The largest absolute Gasteiger partial charge is 0.491 e. The van der Waals surface area contributed by atoms with E-state index in [4.69, 9.17) is 9.47 Å². The van der Waals surface area contributed by atoms with Crippen LogP contribution in [0.15, 0.2) is 54.6 Å². The highest BCUT2D eigenvalue weighted by molar-refractivity contribution is 5.91. The number of nitrogens with zero attached hydrogens (tertiary/aromatic N) is 1. The summed E-state index contributed by atoms with van der Waals surface area (Å²) in [5, 5.41) is 2.87. The van der Waals surface area contributed by atoms with Crippen molar-refractivity contribution in [1.29, 1.82) is 0 Å². The Morgan fingerprint density at radius 3 is 2.30 bits per heavy atom. The van der Waals surface area contributed by atoms with E-state index in [1.807, 2.05) is 42.5 Å². The molecule has 1 heterocycles. The molecule has 0 bridgehead atoms. The van der Waals surface area contributed by atoms with Gasteiger partial charge in [0.1, 0.15) is 19.0 Å². The van der Waals surface area contributed by atoms with E-state index < -0.39 is 0 Å². The van der Waals surface area contributed by atoms with E-state index in [2.05, 4.69) is 22.3 Å². The van der Waals surface area contributed by atoms with E-state index in [1.54, 1.807) is 0 Å². The second-order valence-corrected chi connectivity index (χ2v) is 6.71. The van der Waals surface area contributed by atoms with Crippen molar-refractivity contribution in [1.82, 2.24) is 0 Å². The molecule has 0 saturated carbocycles. The molecule has 0 aliphatic carbocycles. The highest BCUT2D eigenvalue weighted by Crippen LogP contribution is 2.21. The lowest BCUT2D eigenvalue weighted by molar-refractivity contribution is -0.120. The maximum atomic E-state index is 12.0. The first-order valence-electron chi connectivity index (χ1n) is 9.72. The smallest absolute Gasteiger partial charge is 0.250 e. The second kappa shape index (κ2) is 10.6. The summed E-state index contributed by atoms with van der Waals surface area (Å²) in [6.07, 6.45) is 5.15. The topological polar surface area (TPSA) is 50.8 Å². The first kappa shape index (κ1) is 19.2. The average Bonchev–Trinajstić information content (AvgIpc) is 2.99. The fourth-order valence-electron chi connectivity index (χ4n) is 3.18. The van der Waals surface area contributed by atoms with Gasteiger partial charge in [-0.1, -0.05) is 31.0 Å². The van der Waals surface area contributed by atoms with Gasteiger partial charge in [-0.25, -0.2) is 0 Å². The van der Waals surface area contributed by atoms with Crippen LogP contribution in [-0.2, 0) is 9.53 Å². The molecule has 1 saturated heterocycles. The molecule has 1 N–H and O–H groups in total. The van der Waals surface area contributed by atoms with Crippen LogP contribution in [-0.4, -0.2) is 38.8 Å². The van der Waals surface area contributed by atoms with Crippen LogP contribution in [0, 0.1) is 0 Å². The van der Waals surface area contributed by atoms with Crippen LogP contribution in [0.2, 0.25) is 0 Å². The zero-order valence-corrected chi connectivity index (χ0v) is 15.7. The molecule has 2 aromatic rings. The van der Waals surface area contributed by atoms with Crippen LogP contribution in [0.1, 0.15) is 25.7 Å². The van der Waals surface area contributed by atoms with E-state index in [9.17, 15) is 4.79 Å². The lowest BCUT2D eigenvalue weighted by atomic mass is 10.2. The zero-order valence-electron chi connectivity index (χ0n) is 15.7. The van der Waals surface area contributed by atoms with Gasteiger partial charge in [-0.3, -0.25) is 4.79 Å². The third-order valence-corrected chi connectivity index (χ3v) is 4.60. The Morgan fingerprint density at radius 1 is 0.889 bits per heavy atom. The molecule has 27 heavy (non-hydrogen) atoms. The minimum Gasteiger partial charge on any atom is -0.491 e. The first-order valence-corrected chi connectivity index (χ1v) is 9.72. The van der Waals surface area contributed by atoms with Crippen molar-refractivity contribution in [3.63, 3.8) is 0 Å². The third-order valence-electron chi connectivity index (χ3n) is 4.60. The molecule has 1 aliphatic rings. The molecule has 5 nitrogen and oxygen atoms in total. The quantitative estimate of drug-likeness (QED) is 0.713. The van der Waals surface area contributed by atoms with E-state index in [-0.39, 0.29) is 12.5 Å². The Kier molecular flexibility index (Phi) is 7.54. The van der Waals surface area contributed by atoms with Gasteiger partial charge in [0, 0.05) is 24.5 Å². The minimum atomic E-state index is -0.155. The number of amides is 1. The summed E-state index contributed by atoms with van der Waals surface area (Å²) in [7, 11) is 0. The summed E-state index contributed by atoms with van der Waals surface area (Å²) in [5.74, 6) is 0.646. The molecule has 0 unspecified atom stereocenters. The number of benzene rings is 2. The lowest BCUT2D eigenvalue weighted by Gasteiger charge is -2.22. The number of hydrogen-bond acceptors (Lipinski definition) is 4. The van der Waals surface area contributed by atoms with E-state index in [0.717, 1.165) is 24.5 Å². The molecular formula is C22H28N2O3. The molecule has 2 aromatic carbocycles. The summed E-state index contributed by atoms with van der Waals surface area (Å²) in [6.45, 7) is 3.04. The Labute approximate surface area is 161 Å². The van der Waals surface area contributed by atoms with E-state index in [0.29, 0.717) is 13.2 Å². The third kappa shape index (κ3) is 6.61. The maximum absolute atomic E-state index is 12.0. The van der Waals surface area contributed by atoms with Crippen molar-refractivity contribution in [2.24, 2.45) is 0 Å². The molecule has 1 aliphatic heterocycles. The summed E-state index contributed by atoms with van der Waals surface area (Å²) < 4.78 is 10.9. The van der Waals surface area contributed by atoms with Crippen molar-refractivity contribution in [2.45, 2.75) is 25.7 Å². The van der Waals surface area contributed by atoms with Gasteiger partial charge in [-0.05, 0) is 49.2 Å². The van der Waals surface area contributed by atoms with Crippen LogP contribution in [0.25, 0.3) is 0 Å². The van der Waals surface area contributed by atoms with Crippen molar-refractivity contribution in [2.75, 3.05) is 43.1 Å². The van der Waals surface area contributed by atoms with Gasteiger partial charge in [-0.15, -0.1) is 0 Å². The average molecular weight is 368 g/mol. The summed E-state index contributed by atoms with van der Waals surface area (Å²) in [4.78, 5) is 14.4. The molecule has 144 valence electrons. The van der Waals surface area contributed by atoms with Gasteiger partial charge >= 0.3 is 0 Å². The number of rotatable bonds is 8. The molecule has 0 atom stereocenters. The fraction of sp³-hybridized carbons (Fsp3) is 0.409. The van der Waals surface area contributed by atoms with Crippen molar-refractivity contribution in [3.05, 3.63) is 54.6 Å². The van der Waals surface area contributed by atoms with Crippen LogP contribution in [0.5, 0.6) is 5.75 Å². The Morgan fingerprint density at radius 2 is 1.59 bits per heavy atom. The van der Waals surface area contributed by atoms with Crippen LogP contribution in [0.4, 0.5) is 11.4 Å². The van der Waals surface area contributed by atoms with Gasteiger partial charge in [0.05, 0.1) is 6.61 Å². The maximum Gasteiger partial charge on any atom is 0.250 e. The Bertz CT molecular complexity index is 680. The Balaban J connectivity index is 1.35. The van der Waals surface area contributed by atoms with Crippen molar-refractivity contribution < 1.29 is 14.3 Å². The molecule has 1 fully saturated rings. The number of para-hydroxylation sites is 1. The number of carbonyl (C=O) groups is 1.